The summed E-state index contributed by atoms with van der Waals surface area (Å²) in [6.07, 6.45) is -4.44. The van der Waals surface area contributed by atoms with Gasteiger partial charge in [-0.1, -0.05) is 23.2 Å². The van der Waals surface area contributed by atoms with Crippen LogP contribution < -0.4 is 5.32 Å². The van der Waals surface area contributed by atoms with E-state index in [0.29, 0.717) is 13.1 Å². The lowest BCUT2D eigenvalue weighted by atomic mass is 10.0. The molecule has 0 aromatic heterocycles. The molecule has 1 fully saturated rings. The molecule has 1 aromatic rings. The van der Waals surface area contributed by atoms with E-state index in [0.717, 1.165) is 12.1 Å². The summed E-state index contributed by atoms with van der Waals surface area (Å²) >= 11 is 11.4. The van der Waals surface area contributed by atoms with Crippen LogP contribution in [0, 0.1) is 0 Å². The van der Waals surface area contributed by atoms with E-state index < -0.39 is 18.0 Å². The van der Waals surface area contributed by atoms with Gasteiger partial charge in [0.25, 0.3) is 0 Å². The summed E-state index contributed by atoms with van der Waals surface area (Å²) in [4.78, 5) is 1.33. The van der Waals surface area contributed by atoms with Crippen LogP contribution in [0.4, 0.5) is 13.2 Å². The predicted molar refractivity (Wildman–Crippen MR) is 71.4 cm³/mol. The highest BCUT2D eigenvalue weighted by molar-refractivity contribution is 6.37. The molecule has 0 amide bonds. The van der Waals surface area contributed by atoms with E-state index in [1.54, 1.807) is 0 Å². The lowest BCUT2D eigenvalue weighted by Crippen LogP contribution is -2.49. The Morgan fingerprint density at radius 3 is 2.10 bits per heavy atom. The summed E-state index contributed by atoms with van der Waals surface area (Å²) in [5.74, 6) is -0.404. The summed E-state index contributed by atoms with van der Waals surface area (Å²) < 4.78 is 40.0. The monoisotopic (exact) mass is 328 g/mol. The molecule has 0 radical (unpaired) electrons. The van der Waals surface area contributed by atoms with Crippen LogP contribution in [0.3, 0.4) is 0 Å². The number of aromatic hydroxyl groups is 1. The van der Waals surface area contributed by atoms with E-state index in [-0.39, 0.29) is 28.7 Å². The van der Waals surface area contributed by atoms with Gasteiger partial charge in [-0.05, 0) is 17.7 Å². The van der Waals surface area contributed by atoms with Gasteiger partial charge in [0, 0.05) is 26.2 Å². The first-order valence-electron chi connectivity index (χ1n) is 6.00. The Morgan fingerprint density at radius 1 is 1.15 bits per heavy atom. The molecule has 1 atom stereocenters. The largest absolute Gasteiger partial charge is 0.505 e. The highest BCUT2D eigenvalue weighted by Gasteiger charge is 2.45. The van der Waals surface area contributed by atoms with Gasteiger partial charge < -0.3 is 10.4 Å². The fraction of sp³-hybridized carbons (Fsp3) is 0.500. The molecule has 1 heterocycles. The van der Waals surface area contributed by atoms with Crippen LogP contribution in [0.25, 0.3) is 0 Å². The van der Waals surface area contributed by atoms with E-state index in [1.165, 1.54) is 4.90 Å². The van der Waals surface area contributed by atoms with Crippen molar-refractivity contribution in [1.82, 2.24) is 10.2 Å². The van der Waals surface area contributed by atoms with Gasteiger partial charge in [-0.15, -0.1) is 0 Å². The topological polar surface area (TPSA) is 35.5 Å². The minimum Gasteiger partial charge on any atom is -0.505 e. The molecule has 1 aliphatic heterocycles. The second kappa shape index (κ2) is 5.97. The van der Waals surface area contributed by atoms with Crippen molar-refractivity contribution >= 4 is 23.2 Å². The highest BCUT2D eigenvalue weighted by Crippen LogP contribution is 2.42. The molecule has 2 rings (SSSR count). The Balaban J connectivity index is 2.41. The standard InChI is InChI=1S/C12H13Cl2F3N2O/c13-8-5-7(6-9(14)10(8)20)11(12(15,16)17)19-3-1-18-2-4-19/h5-6,11,18,20H,1-4H2/t11-/m1/s1. The zero-order valence-corrected chi connectivity index (χ0v) is 11.9. The third-order valence-electron chi connectivity index (χ3n) is 3.18. The van der Waals surface area contributed by atoms with Crippen molar-refractivity contribution < 1.29 is 18.3 Å². The van der Waals surface area contributed by atoms with Crippen LogP contribution in [0.5, 0.6) is 5.75 Å². The zero-order chi connectivity index (χ0) is 14.9. The molecule has 0 aliphatic carbocycles. The number of phenolic OH excluding ortho intramolecular Hbond substituents is 1. The second-order valence-electron chi connectivity index (χ2n) is 4.56. The van der Waals surface area contributed by atoms with E-state index in [4.69, 9.17) is 23.2 Å². The first-order chi connectivity index (χ1) is 9.30. The molecular formula is C12H13Cl2F3N2O. The first kappa shape index (κ1) is 15.7. The van der Waals surface area contributed by atoms with Crippen LogP contribution in [0.15, 0.2) is 12.1 Å². The zero-order valence-electron chi connectivity index (χ0n) is 10.3. The van der Waals surface area contributed by atoms with Crippen LogP contribution in [-0.4, -0.2) is 42.4 Å². The maximum atomic E-state index is 13.3. The van der Waals surface area contributed by atoms with Gasteiger partial charge in [-0.25, -0.2) is 0 Å². The number of halogens is 5. The fourth-order valence-electron chi connectivity index (χ4n) is 2.29. The molecule has 2 N–H and O–H groups in total. The van der Waals surface area contributed by atoms with Crippen molar-refractivity contribution in [3.63, 3.8) is 0 Å². The van der Waals surface area contributed by atoms with Gasteiger partial charge in [0.15, 0.2) is 5.75 Å². The van der Waals surface area contributed by atoms with Crippen molar-refractivity contribution in [1.29, 1.82) is 0 Å². The maximum absolute atomic E-state index is 13.3. The van der Waals surface area contributed by atoms with Gasteiger partial charge in [-0.2, -0.15) is 13.2 Å². The first-order valence-corrected chi connectivity index (χ1v) is 6.75. The van der Waals surface area contributed by atoms with E-state index >= 15 is 0 Å². The minimum absolute atomic E-state index is 0.0628. The van der Waals surface area contributed by atoms with Crippen LogP contribution in [0.2, 0.25) is 10.0 Å². The summed E-state index contributed by atoms with van der Waals surface area (Å²) in [7, 11) is 0. The molecule has 0 spiro atoms. The molecule has 112 valence electrons. The van der Waals surface area contributed by atoms with Crippen LogP contribution in [0.1, 0.15) is 11.6 Å². The quantitative estimate of drug-likeness (QED) is 0.875. The normalized spacial score (nSPS) is 19.1. The Morgan fingerprint density at radius 2 is 1.65 bits per heavy atom. The minimum atomic E-state index is -4.44. The van der Waals surface area contributed by atoms with Gasteiger partial charge in [0.05, 0.1) is 10.0 Å². The average Bonchev–Trinajstić information content (AvgIpc) is 2.35. The lowest BCUT2D eigenvalue weighted by molar-refractivity contribution is -0.187. The fourth-order valence-corrected chi connectivity index (χ4v) is 2.79. The smallest absolute Gasteiger partial charge is 0.408 e. The molecule has 1 saturated heterocycles. The Labute approximate surface area is 124 Å². The van der Waals surface area contributed by atoms with Gasteiger partial charge in [0.2, 0.25) is 0 Å². The molecule has 0 saturated carbocycles. The van der Waals surface area contributed by atoms with E-state index in [2.05, 4.69) is 5.32 Å². The van der Waals surface area contributed by atoms with E-state index in [1.807, 2.05) is 0 Å². The number of phenols is 1. The number of rotatable bonds is 2. The third-order valence-corrected chi connectivity index (χ3v) is 3.76. The van der Waals surface area contributed by atoms with E-state index in [9.17, 15) is 18.3 Å². The SMILES string of the molecule is Oc1c(Cl)cc([C@@H](N2CCNCC2)C(F)(F)F)cc1Cl. The number of nitrogens with one attached hydrogen (secondary N) is 1. The Kier molecular flexibility index (Phi) is 4.69. The molecule has 0 bridgehead atoms. The predicted octanol–water partition coefficient (Wildman–Crippen LogP) is 3.21. The number of hydrogen-bond acceptors (Lipinski definition) is 3. The van der Waals surface area contributed by atoms with Gasteiger partial charge in [0.1, 0.15) is 6.04 Å². The average molecular weight is 329 g/mol. The number of alkyl halides is 3. The number of piperazine rings is 1. The van der Waals surface area contributed by atoms with Crippen molar-refractivity contribution in [2.75, 3.05) is 26.2 Å². The van der Waals surface area contributed by atoms with Crippen molar-refractivity contribution in [3.8, 4) is 5.75 Å². The Bertz CT molecular complexity index is 467. The van der Waals surface area contributed by atoms with Gasteiger partial charge >= 0.3 is 6.18 Å². The third kappa shape index (κ3) is 3.31. The van der Waals surface area contributed by atoms with Crippen molar-refractivity contribution in [2.45, 2.75) is 12.2 Å². The van der Waals surface area contributed by atoms with Crippen molar-refractivity contribution in [2.24, 2.45) is 0 Å². The molecule has 20 heavy (non-hydrogen) atoms. The summed E-state index contributed by atoms with van der Waals surface area (Å²) in [6, 6.07) is 0.451. The molecule has 1 aromatic carbocycles. The summed E-state index contributed by atoms with van der Waals surface area (Å²) in [6.45, 7) is 1.54. The number of benzene rings is 1. The Hall–Kier alpha value is -0.690. The van der Waals surface area contributed by atoms with Gasteiger partial charge in [-0.3, -0.25) is 4.90 Å². The number of nitrogens with zero attached hydrogens (tertiary/aromatic N) is 1. The summed E-state index contributed by atoms with van der Waals surface area (Å²) in [5, 5.41) is 12.1. The molecular weight excluding hydrogens is 316 g/mol. The molecule has 1 aliphatic rings. The highest BCUT2D eigenvalue weighted by atomic mass is 35.5. The molecule has 8 heteroatoms. The van der Waals surface area contributed by atoms with Crippen LogP contribution >= 0.6 is 23.2 Å². The molecule has 3 nitrogen and oxygen atoms in total. The maximum Gasteiger partial charge on any atom is 0.408 e. The summed E-state index contributed by atoms with van der Waals surface area (Å²) in [5.41, 5.74) is -0.0628. The van der Waals surface area contributed by atoms with Crippen molar-refractivity contribution in [3.05, 3.63) is 27.7 Å². The number of hydrogen-bond donors (Lipinski definition) is 2. The molecule has 0 unspecified atom stereocenters. The second-order valence-corrected chi connectivity index (χ2v) is 5.38. The lowest BCUT2D eigenvalue weighted by Gasteiger charge is -2.36. The van der Waals surface area contributed by atoms with Crippen LogP contribution in [-0.2, 0) is 0 Å².